The van der Waals surface area contributed by atoms with Crippen molar-refractivity contribution in [1.29, 1.82) is 0 Å². The van der Waals surface area contributed by atoms with E-state index in [-0.39, 0.29) is 10.6 Å². The first-order valence-electron chi connectivity index (χ1n) is 6.30. The summed E-state index contributed by atoms with van der Waals surface area (Å²) < 4.78 is 0. The molecule has 0 saturated carbocycles. The van der Waals surface area contributed by atoms with Crippen molar-refractivity contribution in [2.24, 2.45) is 5.92 Å². The molecule has 4 nitrogen and oxygen atoms in total. The lowest BCUT2D eigenvalue weighted by Crippen LogP contribution is -2.04. The topological polar surface area (TPSA) is 58.9 Å². The molecule has 1 aromatic heterocycles. The second-order valence-electron chi connectivity index (χ2n) is 4.96. The maximum atomic E-state index is 11.0. The number of nitrogens with zero attached hydrogens (tertiary/aromatic N) is 1. The maximum Gasteiger partial charge on any atom is 0.293 e. The highest BCUT2D eigenvalue weighted by Gasteiger charge is 2.21. The third kappa shape index (κ3) is 1.98. The highest BCUT2D eigenvalue weighted by Crippen LogP contribution is 2.35. The van der Waals surface area contributed by atoms with Crippen molar-refractivity contribution in [1.82, 2.24) is 4.98 Å². The first kappa shape index (κ1) is 12.6. The monoisotopic (exact) mass is 246 g/mol. The van der Waals surface area contributed by atoms with E-state index in [1.54, 1.807) is 12.1 Å². The molecule has 0 amide bonds. The summed E-state index contributed by atoms with van der Waals surface area (Å²) >= 11 is 0. The second-order valence-corrected chi connectivity index (χ2v) is 4.96. The molecule has 1 heterocycles. The van der Waals surface area contributed by atoms with Crippen molar-refractivity contribution >= 4 is 16.6 Å². The molecular formula is C14H18N2O2. The van der Waals surface area contributed by atoms with E-state index < -0.39 is 0 Å². The SMILES string of the molecule is CCC(c1c[nH]c2c([N+](=O)[O-])cccc12)C(C)C. The molecule has 0 aliphatic heterocycles. The summed E-state index contributed by atoms with van der Waals surface area (Å²) in [7, 11) is 0. The Morgan fingerprint density at radius 3 is 2.67 bits per heavy atom. The van der Waals surface area contributed by atoms with Gasteiger partial charge in [-0.15, -0.1) is 0 Å². The first-order valence-corrected chi connectivity index (χ1v) is 6.30. The molecule has 0 bridgehead atoms. The molecule has 0 spiro atoms. The van der Waals surface area contributed by atoms with Gasteiger partial charge in [-0.25, -0.2) is 0 Å². The Morgan fingerprint density at radius 1 is 1.39 bits per heavy atom. The smallest absolute Gasteiger partial charge is 0.293 e. The predicted octanol–water partition coefficient (Wildman–Crippen LogP) is 4.23. The Labute approximate surface area is 106 Å². The molecule has 1 unspecified atom stereocenters. The normalized spacial score (nSPS) is 13.1. The molecule has 1 N–H and O–H groups in total. The van der Waals surface area contributed by atoms with E-state index in [9.17, 15) is 10.1 Å². The van der Waals surface area contributed by atoms with Gasteiger partial charge in [0, 0.05) is 17.6 Å². The molecule has 2 rings (SSSR count). The minimum Gasteiger partial charge on any atom is -0.355 e. The van der Waals surface area contributed by atoms with E-state index in [4.69, 9.17) is 0 Å². The largest absolute Gasteiger partial charge is 0.355 e. The summed E-state index contributed by atoms with van der Waals surface area (Å²) in [6.07, 6.45) is 2.96. The number of hydrogen-bond donors (Lipinski definition) is 1. The Bertz CT molecular complexity index is 572. The van der Waals surface area contributed by atoms with Crippen molar-refractivity contribution in [3.05, 3.63) is 40.1 Å². The number of H-pyrrole nitrogens is 1. The lowest BCUT2D eigenvalue weighted by atomic mass is 9.86. The van der Waals surface area contributed by atoms with Crippen LogP contribution < -0.4 is 0 Å². The molecule has 18 heavy (non-hydrogen) atoms. The van der Waals surface area contributed by atoms with Crippen LogP contribution in [0.1, 0.15) is 38.7 Å². The van der Waals surface area contributed by atoms with E-state index in [2.05, 4.69) is 25.8 Å². The molecule has 4 heteroatoms. The number of nitrogens with one attached hydrogen (secondary N) is 1. The third-order valence-electron chi connectivity index (χ3n) is 3.57. The van der Waals surface area contributed by atoms with Gasteiger partial charge in [-0.2, -0.15) is 0 Å². The van der Waals surface area contributed by atoms with Gasteiger partial charge in [0.15, 0.2) is 0 Å². The minimum atomic E-state index is -0.334. The van der Waals surface area contributed by atoms with Gasteiger partial charge in [-0.05, 0) is 23.8 Å². The highest BCUT2D eigenvalue weighted by molar-refractivity contribution is 5.90. The van der Waals surface area contributed by atoms with Crippen molar-refractivity contribution in [2.45, 2.75) is 33.1 Å². The molecule has 2 aromatic rings. The average molecular weight is 246 g/mol. The van der Waals surface area contributed by atoms with Gasteiger partial charge in [0.25, 0.3) is 5.69 Å². The van der Waals surface area contributed by atoms with E-state index in [0.29, 0.717) is 17.4 Å². The van der Waals surface area contributed by atoms with Crippen LogP contribution in [0.15, 0.2) is 24.4 Å². The number of fused-ring (bicyclic) bond motifs is 1. The number of hydrogen-bond acceptors (Lipinski definition) is 2. The third-order valence-corrected chi connectivity index (χ3v) is 3.57. The van der Waals surface area contributed by atoms with Crippen LogP contribution in [0.25, 0.3) is 10.9 Å². The van der Waals surface area contributed by atoms with Gasteiger partial charge in [-0.3, -0.25) is 10.1 Å². The van der Waals surface area contributed by atoms with Gasteiger partial charge >= 0.3 is 0 Å². The fourth-order valence-electron chi connectivity index (χ4n) is 2.67. The second kappa shape index (κ2) is 4.80. The summed E-state index contributed by atoms with van der Waals surface area (Å²) in [5.41, 5.74) is 1.97. The molecule has 0 radical (unpaired) electrons. The lowest BCUT2D eigenvalue weighted by molar-refractivity contribution is -0.383. The Balaban J connectivity index is 2.61. The van der Waals surface area contributed by atoms with E-state index in [1.165, 1.54) is 5.56 Å². The van der Waals surface area contributed by atoms with Crippen LogP contribution in [0.4, 0.5) is 5.69 Å². The average Bonchev–Trinajstić information content (AvgIpc) is 2.73. The summed E-state index contributed by atoms with van der Waals surface area (Å²) in [6, 6.07) is 5.25. The molecule has 1 atom stereocenters. The van der Waals surface area contributed by atoms with Crippen LogP contribution in [-0.4, -0.2) is 9.91 Å². The van der Waals surface area contributed by atoms with Crippen molar-refractivity contribution < 1.29 is 4.92 Å². The minimum absolute atomic E-state index is 0.150. The van der Waals surface area contributed by atoms with Gasteiger partial charge in [0.05, 0.1) is 4.92 Å². The van der Waals surface area contributed by atoms with Crippen LogP contribution >= 0.6 is 0 Å². The van der Waals surface area contributed by atoms with Gasteiger partial charge in [0.1, 0.15) is 5.52 Å². The number of para-hydroxylation sites is 1. The van der Waals surface area contributed by atoms with Crippen LogP contribution in [0.2, 0.25) is 0 Å². The lowest BCUT2D eigenvalue weighted by Gasteiger charge is -2.18. The van der Waals surface area contributed by atoms with Crippen LogP contribution in [0.3, 0.4) is 0 Å². The fourth-order valence-corrected chi connectivity index (χ4v) is 2.67. The van der Waals surface area contributed by atoms with Gasteiger partial charge < -0.3 is 4.98 Å². The molecular weight excluding hydrogens is 228 g/mol. The Morgan fingerprint density at radius 2 is 2.11 bits per heavy atom. The Hall–Kier alpha value is -1.84. The number of nitro groups is 1. The number of nitro benzene ring substituents is 1. The van der Waals surface area contributed by atoms with Gasteiger partial charge in [0.2, 0.25) is 0 Å². The fraction of sp³-hybridized carbons (Fsp3) is 0.429. The molecule has 0 aliphatic carbocycles. The summed E-state index contributed by atoms with van der Waals surface area (Å²) in [5.74, 6) is 0.953. The summed E-state index contributed by atoms with van der Waals surface area (Å²) in [6.45, 7) is 6.52. The predicted molar refractivity (Wildman–Crippen MR) is 72.8 cm³/mol. The molecule has 0 fully saturated rings. The highest BCUT2D eigenvalue weighted by atomic mass is 16.6. The van der Waals surface area contributed by atoms with E-state index in [0.717, 1.165) is 11.8 Å². The summed E-state index contributed by atoms with van der Waals surface area (Å²) in [5, 5.41) is 12.0. The van der Waals surface area contributed by atoms with Crippen LogP contribution in [0.5, 0.6) is 0 Å². The van der Waals surface area contributed by atoms with Crippen molar-refractivity contribution in [3.8, 4) is 0 Å². The zero-order valence-corrected chi connectivity index (χ0v) is 10.9. The number of aromatic nitrogens is 1. The van der Waals surface area contributed by atoms with Crippen molar-refractivity contribution in [3.63, 3.8) is 0 Å². The molecule has 0 saturated heterocycles. The summed E-state index contributed by atoms with van der Waals surface area (Å²) in [4.78, 5) is 13.7. The van der Waals surface area contributed by atoms with Gasteiger partial charge in [-0.1, -0.05) is 32.9 Å². The number of aromatic amines is 1. The quantitative estimate of drug-likeness (QED) is 0.648. The van der Waals surface area contributed by atoms with E-state index >= 15 is 0 Å². The van der Waals surface area contributed by atoms with Crippen LogP contribution in [-0.2, 0) is 0 Å². The van der Waals surface area contributed by atoms with Crippen molar-refractivity contribution in [2.75, 3.05) is 0 Å². The number of rotatable bonds is 4. The zero-order chi connectivity index (χ0) is 13.3. The molecule has 0 aliphatic rings. The van der Waals surface area contributed by atoms with Crippen LogP contribution in [0, 0.1) is 16.0 Å². The Kier molecular flexibility index (Phi) is 3.36. The van der Waals surface area contributed by atoms with E-state index in [1.807, 2.05) is 12.3 Å². The molecule has 96 valence electrons. The standard InChI is InChI=1S/C14H18N2O2/c1-4-10(9(2)3)12-8-15-14-11(12)6-5-7-13(14)16(17)18/h5-10,15H,4H2,1-3H3. The number of non-ortho nitro benzene ring substituents is 1. The maximum absolute atomic E-state index is 11.0. The zero-order valence-electron chi connectivity index (χ0n) is 10.9. The first-order chi connectivity index (χ1) is 8.56. The number of benzene rings is 1. The molecule has 1 aromatic carbocycles.